The third-order valence-electron chi connectivity index (χ3n) is 2.31. The van der Waals surface area contributed by atoms with Gasteiger partial charge in [-0.3, -0.25) is 4.79 Å². The molecule has 0 aliphatic rings. The number of hydrogen-bond acceptors (Lipinski definition) is 3. The van der Waals surface area contributed by atoms with Gasteiger partial charge in [-0.1, -0.05) is 20.3 Å². The first-order chi connectivity index (χ1) is 7.13. The number of nitrogens with two attached hydrogens (primary N) is 1. The summed E-state index contributed by atoms with van der Waals surface area (Å²) in [5, 5.41) is 2.96. The van der Waals surface area contributed by atoms with E-state index < -0.39 is 0 Å². The van der Waals surface area contributed by atoms with Crippen molar-refractivity contribution in [1.82, 2.24) is 5.32 Å². The first-order valence-electron chi connectivity index (χ1n) is 5.62. The van der Waals surface area contributed by atoms with Crippen molar-refractivity contribution in [3.63, 3.8) is 0 Å². The van der Waals surface area contributed by atoms with E-state index in [4.69, 9.17) is 10.5 Å². The van der Waals surface area contributed by atoms with E-state index in [1.54, 1.807) is 7.11 Å². The molecule has 0 aliphatic heterocycles. The minimum Gasteiger partial charge on any atom is -0.383 e. The van der Waals surface area contributed by atoms with Gasteiger partial charge in [0, 0.05) is 13.5 Å². The number of carbonyl (C=O) groups is 1. The maximum Gasteiger partial charge on any atom is 0.220 e. The first kappa shape index (κ1) is 14.4. The van der Waals surface area contributed by atoms with Gasteiger partial charge in [-0.25, -0.2) is 0 Å². The molecule has 2 unspecified atom stereocenters. The lowest BCUT2D eigenvalue weighted by atomic mass is 10.1. The smallest absolute Gasteiger partial charge is 0.220 e. The summed E-state index contributed by atoms with van der Waals surface area (Å²) in [7, 11) is 1.65. The van der Waals surface area contributed by atoms with Crippen LogP contribution < -0.4 is 11.1 Å². The zero-order valence-corrected chi connectivity index (χ0v) is 10.1. The van der Waals surface area contributed by atoms with E-state index >= 15 is 0 Å². The predicted octanol–water partition coefficient (Wildman–Crippen LogP) is 0.903. The minimum atomic E-state index is 0.0726. The number of ether oxygens (including phenoxy) is 1. The quantitative estimate of drug-likeness (QED) is 0.633. The van der Waals surface area contributed by atoms with Gasteiger partial charge in [0.2, 0.25) is 5.91 Å². The number of methoxy groups -OCH3 is 1. The van der Waals surface area contributed by atoms with Crippen LogP contribution in [0.4, 0.5) is 0 Å². The van der Waals surface area contributed by atoms with Crippen LogP contribution >= 0.6 is 0 Å². The summed E-state index contributed by atoms with van der Waals surface area (Å²) in [6.07, 6.45) is 2.50. The summed E-state index contributed by atoms with van der Waals surface area (Å²) in [5.41, 5.74) is 5.46. The topological polar surface area (TPSA) is 64.3 Å². The maximum atomic E-state index is 11.6. The Morgan fingerprint density at radius 3 is 2.67 bits per heavy atom. The Kier molecular flexibility index (Phi) is 8.33. The Labute approximate surface area is 92.6 Å². The molecule has 0 saturated heterocycles. The van der Waals surface area contributed by atoms with Crippen molar-refractivity contribution < 1.29 is 9.53 Å². The average molecular weight is 216 g/mol. The highest BCUT2D eigenvalue weighted by atomic mass is 16.5. The first-order valence-corrected chi connectivity index (χ1v) is 5.62. The largest absolute Gasteiger partial charge is 0.383 e. The molecule has 4 heteroatoms. The van der Waals surface area contributed by atoms with Crippen LogP contribution in [0.1, 0.15) is 33.1 Å². The Balaban J connectivity index is 3.87. The number of nitrogens with one attached hydrogen (secondary N) is 1. The van der Waals surface area contributed by atoms with Gasteiger partial charge in [0.1, 0.15) is 0 Å². The number of rotatable bonds is 8. The fraction of sp³-hybridized carbons (Fsp3) is 0.909. The van der Waals surface area contributed by atoms with Crippen LogP contribution in [0.15, 0.2) is 0 Å². The summed E-state index contributed by atoms with van der Waals surface area (Å²) in [6, 6.07) is 0.137. The third kappa shape index (κ3) is 7.33. The highest BCUT2D eigenvalue weighted by Crippen LogP contribution is 2.02. The SMILES string of the molecule is CCCC(COC)NC(=O)CC(C)CN. The summed E-state index contributed by atoms with van der Waals surface area (Å²) >= 11 is 0. The molecule has 1 amide bonds. The lowest BCUT2D eigenvalue weighted by Crippen LogP contribution is -2.39. The van der Waals surface area contributed by atoms with Gasteiger partial charge >= 0.3 is 0 Å². The molecule has 2 atom stereocenters. The summed E-state index contributed by atoms with van der Waals surface area (Å²) in [5.74, 6) is 0.318. The van der Waals surface area contributed by atoms with E-state index in [2.05, 4.69) is 12.2 Å². The van der Waals surface area contributed by atoms with E-state index in [-0.39, 0.29) is 17.9 Å². The highest BCUT2D eigenvalue weighted by Gasteiger charge is 2.13. The minimum absolute atomic E-state index is 0.0726. The monoisotopic (exact) mass is 216 g/mol. The molecule has 0 aromatic carbocycles. The summed E-state index contributed by atoms with van der Waals surface area (Å²) in [4.78, 5) is 11.6. The summed E-state index contributed by atoms with van der Waals surface area (Å²) in [6.45, 7) is 5.20. The molecule has 0 radical (unpaired) electrons. The van der Waals surface area contributed by atoms with E-state index in [1.165, 1.54) is 0 Å². The maximum absolute atomic E-state index is 11.6. The van der Waals surface area contributed by atoms with Crippen LogP contribution in [0.2, 0.25) is 0 Å². The Hall–Kier alpha value is -0.610. The molecule has 0 rings (SSSR count). The van der Waals surface area contributed by atoms with Gasteiger partial charge < -0.3 is 15.8 Å². The lowest BCUT2D eigenvalue weighted by Gasteiger charge is -2.18. The number of carbonyl (C=O) groups excluding carboxylic acids is 1. The second kappa shape index (κ2) is 8.68. The van der Waals surface area contributed by atoms with Crippen LogP contribution in [-0.2, 0) is 9.53 Å². The molecule has 90 valence electrons. The van der Waals surface area contributed by atoms with E-state index in [0.717, 1.165) is 12.8 Å². The van der Waals surface area contributed by atoms with Gasteiger partial charge in [0.05, 0.1) is 12.6 Å². The molecule has 0 aromatic rings. The van der Waals surface area contributed by atoms with Crippen molar-refractivity contribution in [2.75, 3.05) is 20.3 Å². The van der Waals surface area contributed by atoms with Crippen LogP contribution in [-0.4, -0.2) is 32.2 Å². The molecule has 0 fully saturated rings. The molecule has 0 aromatic heterocycles. The number of amides is 1. The van der Waals surface area contributed by atoms with Crippen LogP contribution in [0, 0.1) is 5.92 Å². The molecule has 4 nitrogen and oxygen atoms in total. The summed E-state index contributed by atoms with van der Waals surface area (Å²) < 4.78 is 5.05. The zero-order valence-electron chi connectivity index (χ0n) is 10.1. The van der Waals surface area contributed by atoms with E-state index in [0.29, 0.717) is 19.6 Å². The molecule has 0 aliphatic carbocycles. The fourth-order valence-electron chi connectivity index (χ4n) is 1.43. The van der Waals surface area contributed by atoms with Crippen molar-refractivity contribution in [3.05, 3.63) is 0 Å². The normalized spacial score (nSPS) is 14.7. The molecule has 0 saturated carbocycles. The van der Waals surface area contributed by atoms with Crippen LogP contribution in [0.5, 0.6) is 0 Å². The van der Waals surface area contributed by atoms with Gasteiger partial charge in [-0.05, 0) is 18.9 Å². The molecule has 0 bridgehead atoms. The molecule has 3 N–H and O–H groups in total. The number of hydrogen-bond donors (Lipinski definition) is 2. The van der Waals surface area contributed by atoms with Crippen molar-refractivity contribution in [2.24, 2.45) is 11.7 Å². The molecular formula is C11H24N2O2. The second-order valence-electron chi connectivity index (χ2n) is 4.05. The van der Waals surface area contributed by atoms with Gasteiger partial charge in [0.25, 0.3) is 0 Å². The van der Waals surface area contributed by atoms with E-state index in [1.807, 2.05) is 6.92 Å². The third-order valence-corrected chi connectivity index (χ3v) is 2.31. The standard InChI is InChI=1S/C11H24N2O2/c1-4-5-10(8-15-3)13-11(14)6-9(2)7-12/h9-10H,4-8,12H2,1-3H3,(H,13,14). The van der Waals surface area contributed by atoms with Crippen molar-refractivity contribution >= 4 is 5.91 Å². The van der Waals surface area contributed by atoms with Crippen LogP contribution in [0.3, 0.4) is 0 Å². The zero-order chi connectivity index (χ0) is 11.7. The van der Waals surface area contributed by atoms with Crippen molar-refractivity contribution in [3.8, 4) is 0 Å². The molecule has 0 spiro atoms. The van der Waals surface area contributed by atoms with Crippen molar-refractivity contribution in [1.29, 1.82) is 0 Å². The molecule has 0 heterocycles. The molecular weight excluding hydrogens is 192 g/mol. The fourth-order valence-corrected chi connectivity index (χ4v) is 1.43. The van der Waals surface area contributed by atoms with Gasteiger partial charge in [-0.2, -0.15) is 0 Å². The Morgan fingerprint density at radius 2 is 2.20 bits per heavy atom. The Morgan fingerprint density at radius 1 is 1.53 bits per heavy atom. The predicted molar refractivity (Wildman–Crippen MR) is 61.6 cm³/mol. The van der Waals surface area contributed by atoms with Gasteiger partial charge in [-0.15, -0.1) is 0 Å². The molecule has 15 heavy (non-hydrogen) atoms. The second-order valence-corrected chi connectivity index (χ2v) is 4.05. The average Bonchev–Trinajstić information content (AvgIpc) is 2.18. The van der Waals surface area contributed by atoms with Crippen molar-refractivity contribution in [2.45, 2.75) is 39.2 Å². The highest BCUT2D eigenvalue weighted by molar-refractivity contribution is 5.76. The van der Waals surface area contributed by atoms with E-state index in [9.17, 15) is 4.79 Å². The lowest BCUT2D eigenvalue weighted by molar-refractivity contribution is -0.123. The van der Waals surface area contributed by atoms with Gasteiger partial charge in [0.15, 0.2) is 0 Å². The Bertz CT molecular complexity index is 168. The van der Waals surface area contributed by atoms with Crippen LogP contribution in [0.25, 0.3) is 0 Å².